The van der Waals surface area contributed by atoms with Crippen LogP contribution in [0, 0.1) is 11.5 Å². The first kappa shape index (κ1) is 13.4. The summed E-state index contributed by atoms with van der Waals surface area (Å²) in [5, 5.41) is 9.37. The smallest absolute Gasteiger partial charge is 0.183 e. The van der Waals surface area contributed by atoms with Crippen molar-refractivity contribution in [2.24, 2.45) is 5.73 Å². The Morgan fingerprint density at radius 2 is 2.10 bits per heavy atom. The Bertz CT molecular complexity index is 605. The second kappa shape index (κ2) is 5.44. The molecule has 1 fully saturated rings. The van der Waals surface area contributed by atoms with Gasteiger partial charge in [-0.1, -0.05) is 30.0 Å². The normalized spacial score (nSPS) is 24.9. The summed E-state index contributed by atoms with van der Waals surface area (Å²) in [5.41, 5.74) is 6.78. The maximum atomic E-state index is 9.37. The lowest BCUT2D eigenvalue weighted by molar-refractivity contribution is 0.333. The number of anilines is 1. The molecule has 20 heavy (non-hydrogen) atoms. The van der Waals surface area contributed by atoms with Crippen LogP contribution in [0.2, 0.25) is 0 Å². The fraction of sp³-hybridized carbons (Fsp3) is 0.214. The average Bonchev–Trinajstić information content (AvgIpc) is 2.82. The molecule has 0 bridgehead atoms. The third kappa shape index (κ3) is 2.18. The zero-order valence-corrected chi connectivity index (χ0v) is 12.6. The fourth-order valence-electron chi connectivity index (χ4n) is 2.34. The summed E-state index contributed by atoms with van der Waals surface area (Å²) in [4.78, 5) is 6.04. The van der Waals surface area contributed by atoms with E-state index >= 15 is 0 Å². The molecule has 2 heterocycles. The quantitative estimate of drug-likeness (QED) is 0.848. The van der Waals surface area contributed by atoms with Crippen LogP contribution in [0.3, 0.4) is 0 Å². The van der Waals surface area contributed by atoms with E-state index in [2.05, 4.69) is 23.4 Å². The molecule has 2 atom stereocenters. The maximum Gasteiger partial charge on any atom is 0.183 e. The van der Waals surface area contributed by atoms with Crippen molar-refractivity contribution in [2.45, 2.75) is 11.7 Å². The van der Waals surface area contributed by atoms with Crippen LogP contribution in [0.1, 0.15) is 0 Å². The van der Waals surface area contributed by atoms with Gasteiger partial charge < -0.3 is 10.6 Å². The highest BCUT2D eigenvalue weighted by Crippen LogP contribution is 2.43. The van der Waals surface area contributed by atoms with E-state index < -0.39 is 0 Å². The molecule has 2 aliphatic heterocycles. The lowest BCUT2D eigenvalue weighted by Gasteiger charge is -2.35. The van der Waals surface area contributed by atoms with Crippen molar-refractivity contribution in [1.82, 2.24) is 4.90 Å². The van der Waals surface area contributed by atoms with Crippen molar-refractivity contribution >= 4 is 29.2 Å². The number of nitrogens with two attached hydrogens (primary N) is 1. The van der Waals surface area contributed by atoms with E-state index in [9.17, 15) is 5.26 Å². The third-order valence-electron chi connectivity index (χ3n) is 3.27. The highest BCUT2D eigenvalue weighted by atomic mass is 32.2. The molecule has 0 radical (unpaired) electrons. The molecule has 1 aromatic rings. The van der Waals surface area contributed by atoms with E-state index in [1.807, 2.05) is 36.6 Å². The van der Waals surface area contributed by atoms with Crippen LogP contribution in [-0.4, -0.2) is 22.8 Å². The van der Waals surface area contributed by atoms with E-state index in [0.717, 1.165) is 10.6 Å². The SMILES string of the molecule is CSC1=CN(c2ccccc2)C2C(=C1)SC(N)N2C#N. The van der Waals surface area contributed by atoms with Gasteiger partial charge in [0, 0.05) is 21.7 Å². The minimum absolute atomic E-state index is 0.127. The fourth-order valence-corrected chi connectivity index (χ4v) is 3.97. The van der Waals surface area contributed by atoms with Gasteiger partial charge in [-0.15, -0.1) is 11.8 Å². The van der Waals surface area contributed by atoms with Gasteiger partial charge in [-0.3, -0.25) is 4.90 Å². The number of para-hydroxylation sites is 1. The number of hydrogen-bond donors (Lipinski definition) is 1. The van der Waals surface area contributed by atoms with Crippen LogP contribution in [0.4, 0.5) is 5.69 Å². The number of benzene rings is 1. The van der Waals surface area contributed by atoms with Crippen molar-refractivity contribution in [3.63, 3.8) is 0 Å². The van der Waals surface area contributed by atoms with Crippen molar-refractivity contribution in [3.05, 3.63) is 52.4 Å². The first-order chi connectivity index (χ1) is 9.74. The van der Waals surface area contributed by atoms with Gasteiger partial charge in [0.05, 0.1) is 0 Å². The first-order valence-electron chi connectivity index (χ1n) is 6.15. The molecule has 2 unspecified atom stereocenters. The molecule has 1 saturated heterocycles. The minimum atomic E-state index is -0.322. The number of rotatable bonds is 2. The summed E-state index contributed by atoms with van der Waals surface area (Å²) in [6, 6.07) is 10.1. The van der Waals surface area contributed by atoms with Crippen LogP contribution in [0.15, 0.2) is 52.4 Å². The predicted octanol–water partition coefficient (Wildman–Crippen LogP) is 2.69. The van der Waals surface area contributed by atoms with E-state index in [1.165, 1.54) is 4.91 Å². The standard InChI is InChI=1S/C14H14N4S2/c1-19-11-7-12-13(18(9-15)14(16)20-12)17(8-11)10-5-3-2-4-6-10/h2-8,13-14H,16H2,1H3. The Hall–Kier alpha value is -1.55. The van der Waals surface area contributed by atoms with Gasteiger partial charge in [0.2, 0.25) is 0 Å². The summed E-state index contributed by atoms with van der Waals surface area (Å²) in [6.45, 7) is 0. The predicted molar refractivity (Wildman–Crippen MR) is 85.4 cm³/mol. The van der Waals surface area contributed by atoms with Crippen molar-refractivity contribution < 1.29 is 0 Å². The average molecular weight is 302 g/mol. The van der Waals surface area contributed by atoms with E-state index in [0.29, 0.717) is 0 Å². The second-order valence-corrected chi connectivity index (χ2v) is 6.48. The lowest BCUT2D eigenvalue weighted by Crippen LogP contribution is -2.46. The van der Waals surface area contributed by atoms with Crippen LogP contribution >= 0.6 is 23.5 Å². The second-order valence-electron chi connectivity index (χ2n) is 4.41. The van der Waals surface area contributed by atoms with Crippen LogP contribution in [0.5, 0.6) is 0 Å². The minimum Gasteiger partial charge on any atom is -0.321 e. The van der Waals surface area contributed by atoms with Gasteiger partial charge in [0.25, 0.3) is 0 Å². The maximum absolute atomic E-state index is 9.37. The Balaban J connectivity index is 2.05. The van der Waals surface area contributed by atoms with E-state index in [1.54, 1.807) is 28.4 Å². The number of thioether (sulfide) groups is 2. The molecule has 0 aromatic heterocycles. The summed E-state index contributed by atoms with van der Waals surface area (Å²) in [5.74, 6) is 0. The van der Waals surface area contributed by atoms with Crippen molar-refractivity contribution in [1.29, 1.82) is 5.26 Å². The highest BCUT2D eigenvalue weighted by molar-refractivity contribution is 8.04. The van der Waals surface area contributed by atoms with Crippen molar-refractivity contribution in [2.75, 3.05) is 11.2 Å². The topological polar surface area (TPSA) is 56.3 Å². The Kier molecular flexibility index (Phi) is 3.66. The van der Waals surface area contributed by atoms with Crippen LogP contribution < -0.4 is 10.6 Å². The molecule has 2 aliphatic rings. The molecule has 102 valence electrons. The van der Waals surface area contributed by atoms with E-state index in [-0.39, 0.29) is 11.7 Å². The molecule has 2 N–H and O–H groups in total. The van der Waals surface area contributed by atoms with Gasteiger partial charge in [0.15, 0.2) is 6.19 Å². The van der Waals surface area contributed by atoms with Crippen molar-refractivity contribution in [3.8, 4) is 6.19 Å². The lowest BCUT2D eigenvalue weighted by atomic mass is 10.2. The van der Waals surface area contributed by atoms with Crippen LogP contribution in [-0.2, 0) is 0 Å². The molecule has 0 amide bonds. The van der Waals surface area contributed by atoms with Gasteiger partial charge in [-0.25, -0.2) is 0 Å². The number of hydrogen-bond acceptors (Lipinski definition) is 6. The van der Waals surface area contributed by atoms with Gasteiger partial charge in [-0.05, 0) is 24.5 Å². The van der Waals surface area contributed by atoms with Gasteiger partial charge in [0.1, 0.15) is 11.7 Å². The number of nitriles is 1. The van der Waals surface area contributed by atoms with Crippen LogP contribution in [0.25, 0.3) is 0 Å². The highest BCUT2D eigenvalue weighted by Gasteiger charge is 2.41. The molecule has 0 saturated carbocycles. The zero-order chi connectivity index (χ0) is 14.1. The number of fused-ring (bicyclic) bond motifs is 1. The third-order valence-corrected chi connectivity index (χ3v) is 5.03. The van der Waals surface area contributed by atoms with E-state index in [4.69, 9.17) is 5.73 Å². The summed E-state index contributed by atoms with van der Waals surface area (Å²) in [7, 11) is 0. The largest absolute Gasteiger partial charge is 0.321 e. The number of nitrogens with zero attached hydrogens (tertiary/aromatic N) is 3. The molecular formula is C14H14N4S2. The molecule has 3 rings (SSSR count). The Morgan fingerprint density at radius 3 is 2.75 bits per heavy atom. The van der Waals surface area contributed by atoms with Gasteiger partial charge in [-0.2, -0.15) is 5.26 Å². The molecule has 0 aliphatic carbocycles. The Morgan fingerprint density at radius 1 is 1.35 bits per heavy atom. The first-order valence-corrected chi connectivity index (χ1v) is 8.26. The molecule has 6 heteroatoms. The Labute approximate surface area is 126 Å². The molecular weight excluding hydrogens is 288 g/mol. The molecule has 1 aromatic carbocycles. The number of allylic oxidation sites excluding steroid dienone is 1. The summed E-state index contributed by atoms with van der Waals surface area (Å²) in [6.07, 6.45) is 8.34. The molecule has 4 nitrogen and oxygen atoms in total. The van der Waals surface area contributed by atoms with Gasteiger partial charge >= 0.3 is 0 Å². The summed E-state index contributed by atoms with van der Waals surface area (Å²) < 4.78 is 0. The monoisotopic (exact) mass is 302 g/mol. The summed E-state index contributed by atoms with van der Waals surface area (Å²) >= 11 is 3.24. The zero-order valence-electron chi connectivity index (χ0n) is 10.9. The molecule has 0 spiro atoms.